The number of pyridine rings is 1. The van der Waals surface area contributed by atoms with E-state index in [1.165, 1.54) is 11.1 Å². The van der Waals surface area contributed by atoms with Crippen LogP contribution in [0.15, 0.2) is 59.5 Å². The molecule has 4 rings (SSSR count). The highest BCUT2D eigenvalue weighted by Gasteiger charge is 2.24. The molecule has 2 heterocycles. The number of carbonyl (C=O) groups is 1. The maximum Gasteiger partial charge on any atom is 0.256 e. The lowest BCUT2D eigenvalue weighted by Gasteiger charge is -2.16. The summed E-state index contributed by atoms with van der Waals surface area (Å²) in [5, 5.41) is 3.64. The fourth-order valence-corrected chi connectivity index (χ4v) is 3.98. The zero-order valence-corrected chi connectivity index (χ0v) is 15.7. The predicted molar refractivity (Wildman–Crippen MR) is 108 cm³/mol. The van der Waals surface area contributed by atoms with E-state index in [2.05, 4.69) is 35.0 Å². The van der Waals surface area contributed by atoms with Crippen molar-refractivity contribution in [1.82, 2.24) is 9.88 Å². The van der Waals surface area contributed by atoms with Gasteiger partial charge in [0.25, 0.3) is 5.91 Å². The Labute approximate surface area is 158 Å². The van der Waals surface area contributed by atoms with Crippen LogP contribution in [0.2, 0.25) is 0 Å². The van der Waals surface area contributed by atoms with E-state index in [0.29, 0.717) is 5.39 Å². The average Bonchev–Trinajstić information content (AvgIpc) is 2.99. The van der Waals surface area contributed by atoms with Gasteiger partial charge in [-0.1, -0.05) is 42.5 Å². The topological polar surface area (TPSA) is 51.1 Å². The van der Waals surface area contributed by atoms with Crippen LogP contribution in [0.4, 0.5) is 0 Å². The molecule has 2 unspecified atom stereocenters. The summed E-state index contributed by atoms with van der Waals surface area (Å²) in [6, 6.07) is 16.3. The lowest BCUT2D eigenvalue weighted by atomic mass is 10.1. The van der Waals surface area contributed by atoms with Crippen LogP contribution in [-0.4, -0.2) is 16.5 Å². The molecule has 0 aliphatic carbocycles. The first-order valence-corrected chi connectivity index (χ1v) is 9.56. The van der Waals surface area contributed by atoms with Crippen LogP contribution >= 0.6 is 0 Å². The molecule has 0 spiro atoms. The molecule has 138 valence electrons. The Morgan fingerprint density at radius 2 is 1.96 bits per heavy atom. The van der Waals surface area contributed by atoms with Crippen molar-refractivity contribution >= 4 is 16.8 Å². The highest BCUT2D eigenvalue weighted by molar-refractivity contribution is 5.98. The second-order valence-corrected chi connectivity index (χ2v) is 7.54. The smallest absolute Gasteiger partial charge is 0.256 e. The van der Waals surface area contributed by atoms with E-state index in [9.17, 15) is 9.59 Å². The summed E-state index contributed by atoms with van der Waals surface area (Å²) in [5.41, 5.74) is 3.47. The molecule has 27 heavy (non-hydrogen) atoms. The average molecular weight is 360 g/mol. The number of carbonyl (C=O) groups excluding carboxylic acids is 1. The van der Waals surface area contributed by atoms with E-state index in [0.717, 1.165) is 24.8 Å². The van der Waals surface area contributed by atoms with E-state index in [4.69, 9.17) is 0 Å². The monoisotopic (exact) mass is 360 g/mol. The Morgan fingerprint density at radius 3 is 2.74 bits per heavy atom. The Balaban J connectivity index is 1.55. The van der Waals surface area contributed by atoms with Gasteiger partial charge in [0.05, 0.1) is 5.52 Å². The van der Waals surface area contributed by atoms with E-state index >= 15 is 0 Å². The largest absolute Gasteiger partial charge is 0.349 e. The zero-order valence-electron chi connectivity index (χ0n) is 15.7. The van der Waals surface area contributed by atoms with Gasteiger partial charge in [0.15, 0.2) is 0 Å². The Morgan fingerprint density at radius 1 is 1.19 bits per heavy atom. The number of nitrogens with one attached hydrogen (secondary N) is 1. The first-order chi connectivity index (χ1) is 13.0. The lowest BCUT2D eigenvalue weighted by molar-refractivity contribution is 0.0936. The minimum absolute atomic E-state index is 0.00450. The number of para-hydroxylation sites is 1. The summed E-state index contributed by atoms with van der Waals surface area (Å²) >= 11 is 0. The molecule has 2 atom stereocenters. The molecule has 1 N–H and O–H groups in total. The molecule has 1 aliphatic heterocycles. The van der Waals surface area contributed by atoms with E-state index in [-0.39, 0.29) is 29.0 Å². The molecular formula is C23H24N2O2. The number of aromatic nitrogens is 1. The Bertz CT molecular complexity index is 1050. The van der Waals surface area contributed by atoms with Gasteiger partial charge in [-0.05, 0) is 50.3 Å². The molecule has 3 aromatic rings. The van der Waals surface area contributed by atoms with E-state index in [1.54, 1.807) is 6.20 Å². The summed E-state index contributed by atoms with van der Waals surface area (Å²) < 4.78 is 2.08. The summed E-state index contributed by atoms with van der Waals surface area (Å²) in [5.74, 6) is -0.282. The first-order valence-electron chi connectivity index (χ1n) is 9.56. The molecule has 4 nitrogen and oxygen atoms in total. The molecule has 2 aromatic carbocycles. The van der Waals surface area contributed by atoms with Crippen molar-refractivity contribution in [2.45, 2.75) is 45.2 Å². The third-order valence-electron chi connectivity index (χ3n) is 5.46. The number of benzene rings is 2. The second kappa shape index (κ2) is 7.03. The van der Waals surface area contributed by atoms with Gasteiger partial charge < -0.3 is 9.88 Å². The maximum absolute atomic E-state index is 12.9. The van der Waals surface area contributed by atoms with Crippen LogP contribution in [0.3, 0.4) is 0 Å². The maximum atomic E-state index is 12.9. The third-order valence-corrected chi connectivity index (χ3v) is 5.46. The summed E-state index contributed by atoms with van der Waals surface area (Å²) in [4.78, 5) is 25.7. The second-order valence-electron chi connectivity index (χ2n) is 7.54. The molecule has 1 aromatic heterocycles. The number of hydrogen-bond donors (Lipinski definition) is 1. The molecule has 4 heteroatoms. The number of nitrogens with zero attached hydrogens (tertiary/aromatic N) is 1. The van der Waals surface area contributed by atoms with E-state index < -0.39 is 0 Å². The van der Waals surface area contributed by atoms with Gasteiger partial charge in [-0.15, -0.1) is 0 Å². The molecule has 0 radical (unpaired) electrons. The third kappa shape index (κ3) is 3.27. The molecule has 0 saturated carbocycles. The zero-order chi connectivity index (χ0) is 19.0. The van der Waals surface area contributed by atoms with Crippen LogP contribution in [0.25, 0.3) is 10.9 Å². The summed E-state index contributed by atoms with van der Waals surface area (Å²) in [7, 11) is 0. The van der Waals surface area contributed by atoms with Crippen LogP contribution in [0, 0.1) is 0 Å². The fraction of sp³-hybridized carbons (Fsp3) is 0.304. The molecule has 1 amide bonds. The SMILES string of the molecule is CC(CCc1ccccc1)NC(=O)c1cn2c3c(cccc3c1=O)CC2C. The number of aryl methyl sites for hydroxylation is 1. The minimum atomic E-state index is -0.282. The van der Waals surface area contributed by atoms with Crippen molar-refractivity contribution < 1.29 is 4.79 Å². The van der Waals surface area contributed by atoms with Crippen LogP contribution < -0.4 is 10.7 Å². The van der Waals surface area contributed by atoms with Gasteiger partial charge in [0, 0.05) is 23.7 Å². The molecule has 0 bridgehead atoms. The number of rotatable bonds is 5. The Hall–Kier alpha value is -2.88. The van der Waals surface area contributed by atoms with Crippen molar-refractivity contribution in [3.05, 3.63) is 81.6 Å². The van der Waals surface area contributed by atoms with Crippen LogP contribution in [-0.2, 0) is 12.8 Å². The lowest BCUT2D eigenvalue weighted by Crippen LogP contribution is -2.36. The predicted octanol–water partition coefficient (Wildman–Crippen LogP) is 3.87. The highest BCUT2D eigenvalue weighted by Crippen LogP contribution is 2.30. The quantitative estimate of drug-likeness (QED) is 0.751. The van der Waals surface area contributed by atoms with Crippen LogP contribution in [0.1, 0.15) is 47.8 Å². The van der Waals surface area contributed by atoms with Crippen molar-refractivity contribution in [2.75, 3.05) is 0 Å². The van der Waals surface area contributed by atoms with Gasteiger partial charge in [-0.25, -0.2) is 0 Å². The normalized spacial score (nSPS) is 16.4. The van der Waals surface area contributed by atoms with E-state index in [1.807, 2.05) is 37.3 Å². The molecule has 1 aliphatic rings. The van der Waals surface area contributed by atoms with Crippen molar-refractivity contribution in [1.29, 1.82) is 0 Å². The van der Waals surface area contributed by atoms with Crippen molar-refractivity contribution in [2.24, 2.45) is 0 Å². The van der Waals surface area contributed by atoms with Gasteiger partial charge in [-0.3, -0.25) is 9.59 Å². The Kier molecular flexibility index (Phi) is 4.56. The number of hydrogen-bond acceptors (Lipinski definition) is 2. The standard InChI is InChI=1S/C23H24N2O2/c1-15(11-12-17-7-4-3-5-8-17)24-23(27)20-14-25-16(2)13-18-9-6-10-19(21(18)25)22(20)26/h3-10,14-16H,11-13H2,1-2H3,(H,24,27). The first kappa shape index (κ1) is 17.5. The molecule has 0 saturated heterocycles. The van der Waals surface area contributed by atoms with Crippen molar-refractivity contribution in [3.8, 4) is 0 Å². The van der Waals surface area contributed by atoms with Crippen LogP contribution in [0.5, 0.6) is 0 Å². The van der Waals surface area contributed by atoms with Gasteiger partial charge >= 0.3 is 0 Å². The minimum Gasteiger partial charge on any atom is -0.349 e. The summed E-state index contributed by atoms with van der Waals surface area (Å²) in [6.07, 6.45) is 4.36. The molecular weight excluding hydrogens is 336 g/mol. The van der Waals surface area contributed by atoms with Crippen molar-refractivity contribution in [3.63, 3.8) is 0 Å². The summed E-state index contributed by atoms with van der Waals surface area (Å²) in [6.45, 7) is 4.10. The number of amides is 1. The highest BCUT2D eigenvalue weighted by atomic mass is 16.2. The van der Waals surface area contributed by atoms with Gasteiger partial charge in [0.2, 0.25) is 5.43 Å². The fourth-order valence-electron chi connectivity index (χ4n) is 3.98. The van der Waals surface area contributed by atoms with Gasteiger partial charge in [0.1, 0.15) is 5.56 Å². The van der Waals surface area contributed by atoms with Gasteiger partial charge in [-0.2, -0.15) is 0 Å². The molecule has 0 fully saturated rings.